The van der Waals surface area contributed by atoms with Gasteiger partial charge in [-0.2, -0.15) is 0 Å². The number of epoxide rings is 2. The van der Waals surface area contributed by atoms with Gasteiger partial charge >= 0.3 is 11.9 Å². The van der Waals surface area contributed by atoms with Crippen molar-refractivity contribution in [3.8, 4) is 0 Å². The minimum atomic E-state index is -0.727. The number of carbonyl (C=O) groups excluding carboxylic acids is 2. The topological polar surface area (TPSA) is 97.9 Å². The van der Waals surface area contributed by atoms with Crippen molar-refractivity contribution in [1.82, 2.24) is 0 Å². The number of ether oxygens (including phenoxy) is 4. The van der Waals surface area contributed by atoms with Crippen molar-refractivity contribution in [2.75, 3.05) is 0 Å². The number of fused-ring (bicyclic) bond motifs is 4. The Balaban J connectivity index is 1.29. The first-order chi connectivity index (χ1) is 15.7. The summed E-state index contributed by atoms with van der Waals surface area (Å²) in [5, 5.41) is 10.3. The third kappa shape index (κ3) is 2.37. The summed E-state index contributed by atoms with van der Waals surface area (Å²) >= 11 is 0. The first-order valence-corrected chi connectivity index (χ1v) is 12.8. The van der Waals surface area contributed by atoms with Crippen LogP contribution in [0.2, 0.25) is 0 Å². The molecule has 0 radical (unpaired) electrons. The van der Waals surface area contributed by atoms with Crippen molar-refractivity contribution in [2.24, 2.45) is 34.5 Å². The van der Waals surface area contributed by atoms with Gasteiger partial charge in [0, 0.05) is 24.3 Å². The second-order valence-electron chi connectivity index (χ2n) is 12.3. The van der Waals surface area contributed by atoms with E-state index in [0.717, 1.165) is 44.9 Å². The molecule has 0 aromatic carbocycles. The zero-order valence-corrected chi connectivity index (χ0v) is 19.6. The normalized spacial score (nSPS) is 59.8. The predicted molar refractivity (Wildman–Crippen MR) is 114 cm³/mol. The average Bonchev–Trinajstić information content (AvgIpc) is 3.64. The van der Waals surface area contributed by atoms with Crippen LogP contribution in [0.5, 0.6) is 0 Å². The highest BCUT2D eigenvalue weighted by Gasteiger charge is 2.89. The molecule has 7 heteroatoms. The molecule has 12 atom stereocenters. The van der Waals surface area contributed by atoms with Gasteiger partial charge in [-0.05, 0) is 74.2 Å². The summed E-state index contributed by atoms with van der Waals surface area (Å²) in [7, 11) is 0. The standard InChI is InChI=1S/C26H34O7/c1-13(27)30-19-20(25-11-8-18(29)31-22(25)33-25)24(3)10-7-16-17(26(24)21(19)32-26)5-4-14-12-15(28)6-9-23(14,16)2/h8,11,14-17,19-22,28H,4-7,9-10,12H2,1-3H3/t14-,15+,16+,17-,19+,20+,21-,22+,23+,24-,25-,26-/m1/s1. The Bertz CT molecular complexity index is 962. The van der Waals surface area contributed by atoms with Gasteiger partial charge in [-0.3, -0.25) is 4.79 Å². The molecule has 7 aliphatic rings. The summed E-state index contributed by atoms with van der Waals surface area (Å²) in [6.45, 7) is 6.21. The number of hydrogen-bond acceptors (Lipinski definition) is 7. The molecule has 1 N–H and O–H groups in total. The molecule has 1 spiro atoms. The van der Waals surface area contributed by atoms with E-state index in [-0.39, 0.29) is 46.5 Å². The van der Waals surface area contributed by atoms with Gasteiger partial charge in [0.25, 0.3) is 0 Å². The average molecular weight is 459 g/mol. The molecule has 7 rings (SSSR count). The van der Waals surface area contributed by atoms with E-state index in [4.69, 9.17) is 18.9 Å². The third-order valence-corrected chi connectivity index (χ3v) is 11.2. The maximum Gasteiger partial charge on any atom is 0.332 e. The lowest BCUT2D eigenvalue weighted by atomic mass is 9.43. The highest BCUT2D eigenvalue weighted by molar-refractivity contribution is 5.84. The van der Waals surface area contributed by atoms with Crippen LogP contribution >= 0.6 is 0 Å². The van der Waals surface area contributed by atoms with Gasteiger partial charge in [-0.25, -0.2) is 4.79 Å². The maximum atomic E-state index is 12.2. The Labute approximate surface area is 194 Å². The van der Waals surface area contributed by atoms with E-state index in [2.05, 4.69) is 13.8 Å². The smallest absolute Gasteiger partial charge is 0.332 e. The van der Waals surface area contributed by atoms with Gasteiger partial charge < -0.3 is 24.1 Å². The van der Waals surface area contributed by atoms with Gasteiger partial charge in [0.05, 0.1) is 6.10 Å². The van der Waals surface area contributed by atoms with Crippen LogP contribution in [-0.2, 0) is 28.5 Å². The summed E-state index contributed by atoms with van der Waals surface area (Å²) in [6, 6.07) is 0. The van der Waals surface area contributed by atoms with E-state index in [9.17, 15) is 14.7 Å². The van der Waals surface area contributed by atoms with Crippen molar-refractivity contribution in [3.63, 3.8) is 0 Å². The van der Waals surface area contributed by atoms with Crippen LogP contribution in [0, 0.1) is 34.5 Å². The lowest BCUT2D eigenvalue weighted by Gasteiger charge is -2.61. The lowest BCUT2D eigenvalue weighted by Crippen LogP contribution is -2.60. The monoisotopic (exact) mass is 458 g/mol. The molecule has 0 aromatic heterocycles. The fourth-order valence-corrected chi connectivity index (χ4v) is 9.80. The first-order valence-electron chi connectivity index (χ1n) is 12.8. The molecule has 4 aliphatic carbocycles. The van der Waals surface area contributed by atoms with E-state index in [0.29, 0.717) is 17.8 Å². The van der Waals surface area contributed by atoms with E-state index in [1.807, 2.05) is 6.08 Å². The minimum absolute atomic E-state index is 0.110. The third-order valence-electron chi connectivity index (χ3n) is 11.2. The van der Waals surface area contributed by atoms with Gasteiger partial charge in [0.15, 0.2) is 5.60 Å². The fourth-order valence-electron chi connectivity index (χ4n) is 9.80. The molecule has 4 saturated carbocycles. The molecule has 33 heavy (non-hydrogen) atoms. The van der Waals surface area contributed by atoms with Gasteiger partial charge in [-0.15, -0.1) is 0 Å². The molecular formula is C26H34O7. The van der Waals surface area contributed by atoms with Crippen LogP contribution < -0.4 is 0 Å². The summed E-state index contributed by atoms with van der Waals surface area (Å²) in [5.74, 6) is 0.720. The Morgan fingerprint density at radius 1 is 1.12 bits per heavy atom. The molecule has 0 unspecified atom stereocenters. The summed E-state index contributed by atoms with van der Waals surface area (Å²) in [4.78, 5) is 24.0. The Morgan fingerprint density at radius 3 is 2.70 bits per heavy atom. The molecule has 180 valence electrons. The summed E-state index contributed by atoms with van der Waals surface area (Å²) in [5.41, 5.74) is -1.07. The largest absolute Gasteiger partial charge is 0.459 e. The number of esters is 2. The van der Waals surface area contributed by atoms with E-state index < -0.39 is 18.0 Å². The minimum Gasteiger partial charge on any atom is -0.459 e. The second kappa shape index (κ2) is 6.21. The zero-order valence-electron chi connectivity index (χ0n) is 19.6. The highest BCUT2D eigenvalue weighted by atomic mass is 16.8. The summed E-state index contributed by atoms with van der Waals surface area (Å²) < 4.78 is 24.2. The van der Waals surface area contributed by atoms with Crippen LogP contribution in [0.4, 0.5) is 0 Å². The van der Waals surface area contributed by atoms with Crippen molar-refractivity contribution in [3.05, 3.63) is 12.2 Å². The van der Waals surface area contributed by atoms with Crippen LogP contribution in [0.15, 0.2) is 12.2 Å². The number of rotatable bonds is 2. The molecule has 2 saturated heterocycles. The quantitative estimate of drug-likeness (QED) is 0.502. The van der Waals surface area contributed by atoms with Crippen LogP contribution in [0.25, 0.3) is 0 Å². The maximum absolute atomic E-state index is 12.2. The Morgan fingerprint density at radius 2 is 1.94 bits per heavy atom. The molecule has 3 aliphatic heterocycles. The highest BCUT2D eigenvalue weighted by Crippen LogP contribution is 2.79. The first kappa shape index (κ1) is 20.9. The molecule has 0 aromatic rings. The molecule has 3 heterocycles. The van der Waals surface area contributed by atoms with Crippen LogP contribution in [0.3, 0.4) is 0 Å². The van der Waals surface area contributed by atoms with Gasteiger partial charge in [0.1, 0.15) is 17.8 Å². The van der Waals surface area contributed by atoms with Crippen LogP contribution in [-0.4, -0.2) is 52.8 Å². The second-order valence-corrected chi connectivity index (χ2v) is 12.3. The molecule has 0 bridgehead atoms. The Kier molecular flexibility index (Phi) is 3.93. The van der Waals surface area contributed by atoms with Crippen molar-refractivity contribution >= 4 is 11.9 Å². The van der Waals surface area contributed by atoms with E-state index in [1.165, 1.54) is 13.0 Å². The van der Waals surface area contributed by atoms with Gasteiger partial charge in [-0.1, -0.05) is 13.8 Å². The molecular weight excluding hydrogens is 424 g/mol. The van der Waals surface area contributed by atoms with E-state index >= 15 is 0 Å². The van der Waals surface area contributed by atoms with E-state index in [1.54, 1.807) is 0 Å². The zero-order chi connectivity index (χ0) is 23.0. The van der Waals surface area contributed by atoms with Crippen molar-refractivity contribution in [1.29, 1.82) is 0 Å². The SMILES string of the molecule is CC(=O)O[C@@H]1[C@H]2O[C@]23[C@@H]2CC[C@@H]4C[C@@H](O)CC[C@]4(C)[C@H]2CC[C@]3(C)[C@H]1[C@]12C=CC(=O)O[C@H]1O2. The van der Waals surface area contributed by atoms with Crippen LogP contribution in [0.1, 0.15) is 65.7 Å². The van der Waals surface area contributed by atoms with Gasteiger partial charge in [0.2, 0.25) is 6.29 Å². The molecule has 0 amide bonds. The summed E-state index contributed by atoms with van der Waals surface area (Å²) in [6.07, 6.45) is 9.16. The molecule has 6 fully saturated rings. The van der Waals surface area contributed by atoms with Crippen molar-refractivity contribution < 1.29 is 33.6 Å². The number of aliphatic hydroxyl groups is 1. The lowest BCUT2D eigenvalue weighted by molar-refractivity contribution is -0.172. The predicted octanol–water partition coefficient (Wildman–Crippen LogP) is 2.89. The number of aliphatic hydroxyl groups excluding tert-OH is 1. The number of hydrogen-bond donors (Lipinski definition) is 1. The van der Waals surface area contributed by atoms with Crippen molar-refractivity contribution in [2.45, 2.75) is 102 Å². The molecule has 7 nitrogen and oxygen atoms in total. The fraction of sp³-hybridized carbons (Fsp3) is 0.846. The number of carbonyl (C=O) groups is 2. The Hall–Kier alpha value is -1.44.